The molecule has 0 bridgehead atoms. The molecule has 0 amide bonds. The number of ether oxygens (including phenoxy) is 2. The zero-order chi connectivity index (χ0) is 18.1. The molecule has 0 saturated carbocycles. The van der Waals surface area contributed by atoms with E-state index in [9.17, 15) is 4.79 Å². The lowest BCUT2D eigenvalue weighted by Gasteiger charge is -2.18. The Morgan fingerprint density at radius 3 is 3.00 bits per heavy atom. The number of hydrogen-bond acceptors (Lipinski definition) is 6. The third kappa shape index (κ3) is 3.15. The van der Waals surface area contributed by atoms with Crippen molar-refractivity contribution in [2.45, 2.75) is 25.7 Å². The van der Waals surface area contributed by atoms with Crippen LogP contribution >= 0.6 is 11.6 Å². The number of nitrogens with zero attached hydrogens (tertiary/aromatic N) is 4. The number of esters is 1. The van der Waals surface area contributed by atoms with Crippen molar-refractivity contribution < 1.29 is 14.3 Å². The van der Waals surface area contributed by atoms with Gasteiger partial charge in [-0.05, 0) is 18.6 Å². The second kappa shape index (κ2) is 7.01. The van der Waals surface area contributed by atoms with E-state index in [0.717, 1.165) is 11.9 Å². The van der Waals surface area contributed by atoms with Crippen molar-refractivity contribution in [1.82, 2.24) is 19.7 Å². The minimum atomic E-state index is -0.347. The quantitative estimate of drug-likeness (QED) is 0.654. The van der Waals surface area contributed by atoms with Gasteiger partial charge in [-0.2, -0.15) is 5.10 Å². The van der Waals surface area contributed by atoms with Crippen LogP contribution < -0.4 is 0 Å². The van der Waals surface area contributed by atoms with Gasteiger partial charge in [0, 0.05) is 5.92 Å². The minimum absolute atomic E-state index is 0.176. The van der Waals surface area contributed by atoms with Crippen LogP contribution in [0.5, 0.6) is 0 Å². The van der Waals surface area contributed by atoms with Crippen LogP contribution in [0.1, 0.15) is 29.9 Å². The fraction of sp³-hybridized carbons (Fsp3) is 0.333. The van der Waals surface area contributed by atoms with Gasteiger partial charge in [-0.1, -0.05) is 36.7 Å². The van der Waals surface area contributed by atoms with Crippen LogP contribution in [0.2, 0.25) is 5.15 Å². The van der Waals surface area contributed by atoms with Gasteiger partial charge in [0.1, 0.15) is 18.4 Å². The third-order valence-corrected chi connectivity index (χ3v) is 4.74. The average molecular weight is 373 g/mol. The van der Waals surface area contributed by atoms with Gasteiger partial charge in [-0.3, -0.25) is 0 Å². The number of carbonyl (C=O) groups excluding carboxylic acids is 1. The van der Waals surface area contributed by atoms with E-state index in [1.54, 1.807) is 36.8 Å². The molecule has 8 heteroatoms. The van der Waals surface area contributed by atoms with E-state index in [2.05, 4.69) is 22.1 Å². The van der Waals surface area contributed by atoms with E-state index >= 15 is 0 Å². The normalized spacial score (nSPS) is 22.6. The summed E-state index contributed by atoms with van der Waals surface area (Å²) in [6.45, 7) is 2.30. The molecule has 0 spiro atoms. The standard InChI is InChI=1S/C18H17ClN4O3/c1-11-7-13(9-25-18(24)12-5-3-2-4-6-12)26-17(11)23-10-20-15-14(23)8-21-22-16(15)19/h2-6,8,10-11,13,17H,7,9H2,1H3/t11-,13-,17+/m0/s1. The van der Waals surface area contributed by atoms with Crippen LogP contribution in [-0.4, -0.2) is 38.4 Å². The van der Waals surface area contributed by atoms with Gasteiger partial charge >= 0.3 is 5.97 Å². The summed E-state index contributed by atoms with van der Waals surface area (Å²) < 4.78 is 13.4. The van der Waals surface area contributed by atoms with Crippen LogP contribution in [-0.2, 0) is 9.47 Å². The summed E-state index contributed by atoms with van der Waals surface area (Å²) >= 11 is 6.04. The Balaban J connectivity index is 1.44. The van der Waals surface area contributed by atoms with E-state index < -0.39 is 0 Å². The Labute approximate surface area is 154 Å². The molecule has 0 unspecified atom stereocenters. The van der Waals surface area contributed by atoms with Gasteiger partial charge in [0.25, 0.3) is 0 Å². The third-order valence-electron chi connectivity index (χ3n) is 4.49. The number of aromatic nitrogens is 4. The molecule has 1 aromatic carbocycles. The second-order valence-corrected chi connectivity index (χ2v) is 6.71. The smallest absolute Gasteiger partial charge is 0.338 e. The molecule has 0 aliphatic carbocycles. The average Bonchev–Trinajstić information content (AvgIpc) is 3.24. The highest BCUT2D eigenvalue weighted by Gasteiger charge is 2.35. The molecule has 3 heterocycles. The number of carbonyl (C=O) groups is 1. The molecule has 134 valence electrons. The molecular formula is C18H17ClN4O3. The summed E-state index contributed by atoms with van der Waals surface area (Å²) in [5.41, 5.74) is 1.89. The monoisotopic (exact) mass is 372 g/mol. The predicted molar refractivity (Wildman–Crippen MR) is 94.7 cm³/mol. The minimum Gasteiger partial charge on any atom is -0.459 e. The molecule has 26 heavy (non-hydrogen) atoms. The Hall–Kier alpha value is -2.51. The predicted octanol–water partition coefficient (Wildman–Crippen LogP) is 3.26. The summed E-state index contributed by atoms with van der Waals surface area (Å²) in [4.78, 5) is 16.4. The molecule has 2 aromatic heterocycles. The molecule has 0 radical (unpaired) electrons. The van der Waals surface area contributed by atoms with Crippen molar-refractivity contribution in [1.29, 1.82) is 0 Å². The van der Waals surface area contributed by atoms with Crippen molar-refractivity contribution >= 4 is 28.6 Å². The van der Waals surface area contributed by atoms with Gasteiger partial charge in [0.05, 0.1) is 29.7 Å². The summed E-state index contributed by atoms with van der Waals surface area (Å²) in [7, 11) is 0. The molecule has 4 rings (SSSR count). The molecular weight excluding hydrogens is 356 g/mol. The zero-order valence-electron chi connectivity index (χ0n) is 14.1. The number of halogens is 1. The highest BCUT2D eigenvalue weighted by Crippen LogP contribution is 2.36. The molecule has 3 atom stereocenters. The molecule has 0 N–H and O–H groups in total. The van der Waals surface area contributed by atoms with Crippen molar-refractivity contribution in [3.05, 3.63) is 53.6 Å². The van der Waals surface area contributed by atoms with Crippen LogP contribution in [0, 0.1) is 5.92 Å². The Morgan fingerprint density at radius 1 is 1.38 bits per heavy atom. The fourth-order valence-corrected chi connectivity index (χ4v) is 3.42. The summed E-state index contributed by atoms with van der Waals surface area (Å²) in [5.74, 6) is -0.125. The largest absolute Gasteiger partial charge is 0.459 e. The van der Waals surface area contributed by atoms with Crippen LogP contribution in [0.3, 0.4) is 0 Å². The lowest BCUT2D eigenvalue weighted by Crippen LogP contribution is -2.19. The first kappa shape index (κ1) is 16.9. The van der Waals surface area contributed by atoms with E-state index in [1.807, 2.05) is 10.6 Å². The first-order valence-electron chi connectivity index (χ1n) is 8.35. The number of imidazole rings is 1. The fourth-order valence-electron chi connectivity index (χ4n) is 3.23. The second-order valence-electron chi connectivity index (χ2n) is 6.35. The Kier molecular flexibility index (Phi) is 4.57. The number of rotatable bonds is 4. The maximum atomic E-state index is 12.1. The first-order valence-corrected chi connectivity index (χ1v) is 8.72. The van der Waals surface area contributed by atoms with E-state index in [-0.39, 0.29) is 36.0 Å². The molecule has 1 aliphatic heterocycles. The van der Waals surface area contributed by atoms with Gasteiger partial charge in [0.2, 0.25) is 0 Å². The van der Waals surface area contributed by atoms with E-state index in [0.29, 0.717) is 11.1 Å². The topological polar surface area (TPSA) is 79.1 Å². The van der Waals surface area contributed by atoms with Crippen molar-refractivity contribution in [2.75, 3.05) is 6.61 Å². The summed E-state index contributed by atoms with van der Waals surface area (Å²) in [6.07, 6.45) is 3.68. The lowest BCUT2D eigenvalue weighted by molar-refractivity contribution is -0.0374. The zero-order valence-corrected chi connectivity index (χ0v) is 14.8. The molecule has 1 aliphatic rings. The van der Waals surface area contributed by atoms with Gasteiger partial charge < -0.3 is 14.0 Å². The number of hydrogen-bond donors (Lipinski definition) is 0. The summed E-state index contributed by atoms with van der Waals surface area (Å²) in [6, 6.07) is 8.92. The van der Waals surface area contributed by atoms with Crippen LogP contribution in [0.15, 0.2) is 42.9 Å². The SMILES string of the molecule is C[C@H]1C[C@@H](COC(=O)c2ccccc2)O[C@H]1n1cnc2c(Cl)nncc21. The summed E-state index contributed by atoms with van der Waals surface area (Å²) in [5, 5.41) is 7.95. The van der Waals surface area contributed by atoms with Crippen molar-refractivity contribution in [3.8, 4) is 0 Å². The lowest BCUT2D eigenvalue weighted by atomic mass is 10.1. The Bertz CT molecular complexity index is 931. The van der Waals surface area contributed by atoms with Crippen molar-refractivity contribution in [3.63, 3.8) is 0 Å². The van der Waals surface area contributed by atoms with Gasteiger partial charge in [0.15, 0.2) is 5.15 Å². The Morgan fingerprint density at radius 2 is 2.19 bits per heavy atom. The first-order chi connectivity index (χ1) is 12.6. The van der Waals surface area contributed by atoms with E-state index in [4.69, 9.17) is 21.1 Å². The van der Waals surface area contributed by atoms with E-state index in [1.165, 1.54) is 0 Å². The highest BCUT2D eigenvalue weighted by atomic mass is 35.5. The van der Waals surface area contributed by atoms with Gasteiger partial charge in [-0.15, -0.1) is 5.10 Å². The molecule has 3 aromatic rings. The maximum Gasteiger partial charge on any atom is 0.338 e. The maximum absolute atomic E-state index is 12.1. The number of benzene rings is 1. The molecule has 7 nitrogen and oxygen atoms in total. The van der Waals surface area contributed by atoms with Crippen molar-refractivity contribution in [2.24, 2.45) is 5.92 Å². The van der Waals surface area contributed by atoms with Crippen LogP contribution in [0.4, 0.5) is 0 Å². The van der Waals surface area contributed by atoms with Gasteiger partial charge in [-0.25, -0.2) is 9.78 Å². The highest BCUT2D eigenvalue weighted by molar-refractivity contribution is 6.33. The number of fused-ring (bicyclic) bond motifs is 1. The molecule has 1 saturated heterocycles. The molecule has 1 fully saturated rings. The van der Waals surface area contributed by atoms with Crippen LogP contribution in [0.25, 0.3) is 11.0 Å².